The predicted octanol–water partition coefficient (Wildman–Crippen LogP) is 2.59. The molecule has 3 aromatic rings. The quantitative estimate of drug-likeness (QED) is 0.772. The maximum Gasteiger partial charge on any atom is 0.228 e. The van der Waals surface area contributed by atoms with Gasteiger partial charge in [-0.05, 0) is 35.5 Å². The van der Waals surface area contributed by atoms with E-state index in [1.54, 1.807) is 7.05 Å². The number of anilines is 1. The molecule has 2 N–H and O–H groups in total. The van der Waals surface area contributed by atoms with Crippen molar-refractivity contribution in [2.45, 2.75) is 10.3 Å². The van der Waals surface area contributed by atoms with E-state index >= 15 is 0 Å². The molecular weight excluding hydrogens is 284 g/mol. The van der Waals surface area contributed by atoms with Gasteiger partial charge in [0.2, 0.25) is 16.4 Å². The van der Waals surface area contributed by atoms with Crippen LogP contribution in [0.2, 0.25) is 5.28 Å². The van der Waals surface area contributed by atoms with Crippen LogP contribution in [0.1, 0.15) is 0 Å². The van der Waals surface area contributed by atoms with Crippen molar-refractivity contribution in [3.8, 4) is 0 Å². The molecule has 8 heteroatoms. The van der Waals surface area contributed by atoms with E-state index in [1.165, 1.54) is 11.8 Å². The zero-order valence-corrected chi connectivity index (χ0v) is 11.5. The molecule has 0 aliphatic rings. The lowest BCUT2D eigenvalue weighted by Crippen LogP contribution is -2.00. The number of benzene rings is 1. The molecule has 96 valence electrons. The van der Waals surface area contributed by atoms with Crippen LogP contribution < -0.4 is 5.32 Å². The molecule has 0 saturated heterocycles. The third-order valence-corrected chi connectivity index (χ3v) is 3.29. The van der Waals surface area contributed by atoms with E-state index < -0.39 is 0 Å². The number of hydrogen-bond acceptors (Lipinski definition) is 6. The summed E-state index contributed by atoms with van der Waals surface area (Å²) in [7, 11) is 1.72. The van der Waals surface area contributed by atoms with E-state index in [1.807, 2.05) is 24.3 Å². The second kappa shape index (κ2) is 5.02. The number of aromatic amines is 1. The Morgan fingerprint density at radius 2 is 2.00 bits per heavy atom. The van der Waals surface area contributed by atoms with E-state index in [2.05, 4.69) is 30.2 Å². The Bertz CT molecular complexity index is 695. The van der Waals surface area contributed by atoms with Crippen LogP contribution in [0.3, 0.4) is 0 Å². The molecule has 19 heavy (non-hydrogen) atoms. The van der Waals surface area contributed by atoms with Gasteiger partial charge in [-0.2, -0.15) is 15.0 Å². The van der Waals surface area contributed by atoms with Gasteiger partial charge < -0.3 is 10.3 Å². The molecule has 1 aromatic carbocycles. The van der Waals surface area contributed by atoms with E-state index in [0.29, 0.717) is 16.3 Å². The Labute approximate surface area is 118 Å². The standard InChI is InChI=1S/C11H9ClN6S/c1-13-9-16-8(12)17-11(18-9)19-10-14-6-4-2-3-5-7(6)15-10/h2-5H,1H3,(H,14,15)(H,13,16,17,18). The van der Waals surface area contributed by atoms with Gasteiger partial charge in [0, 0.05) is 7.05 Å². The third-order valence-electron chi connectivity index (χ3n) is 2.37. The SMILES string of the molecule is CNc1nc(Cl)nc(Sc2nc3ccccc3[nH]2)n1. The van der Waals surface area contributed by atoms with Crippen molar-refractivity contribution in [2.24, 2.45) is 0 Å². The number of rotatable bonds is 3. The van der Waals surface area contributed by atoms with Crippen LogP contribution >= 0.6 is 23.4 Å². The van der Waals surface area contributed by atoms with Crippen molar-refractivity contribution in [1.29, 1.82) is 0 Å². The average Bonchev–Trinajstić information content (AvgIpc) is 2.80. The van der Waals surface area contributed by atoms with Crippen molar-refractivity contribution >= 4 is 40.3 Å². The van der Waals surface area contributed by atoms with Crippen LogP contribution in [0.5, 0.6) is 0 Å². The fourth-order valence-corrected chi connectivity index (χ4v) is 2.51. The first kappa shape index (κ1) is 12.2. The monoisotopic (exact) mass is 292 g/mol. The zero-order chi connectivity index (χ0) is 13.2. The maximum absolute atomic E-state index is 5.83. The summed E-state index contributed by atoms with van der Waals surface area (Å²) in [6, 6.07) is 7.80. The minimum absolute atomic E-state index is 0.151. The Morgan fingerprint density at radius 1 is 1.16 bits per heavy atom. The van der Waals surface area contributed by atoms with Gasteiger partial charge in [-0.15, -0.1) is 0 Å². The van der Waals surface area contributed by atoms with Gasteiger partial charge in [0.25, 0.3) is 0 Å². The number of hydrogen-bond donors (Lipinski definition) is 2. The summed E-state index contributed by atoms with van der Waals surface area (Å²) in [5.41, 5.74) is 1.87. The summed E-state index contributed by atoms with van der Waals surface area (Å²) in [6.45, 7) is 0. The van der Waals surface area contributed by atoms with Crippen molar-refractivity contribution in [3.05, 3.63) is 29.5 Å². The van der Waals surface area contributed by atoms with Gasteiger partial charge in [0.1, 0.15) is 0 Å². The van der Waals surface area contributed by atoms with Crippen LogP contribution in [0.4, 0.5) is 5.95 Å². The Morgan fingerprint density at radius 3 is 2.79 bits per heavy atom. The fourth-order valence-electron chi connectivity index (χ4n) is 1.55. The molecule has 0 fully saturated rings. The van der Waals surface area contributed by atoms with E-state index in [0.717, 1.165) is 11.0 Å². The van der Waals surface area contributed by atoms with Gasteiger partial charge in [0.05, 0.1) is 11.0 Å². The number of nitrogens with one attached hydrogen (secondary N) is 2. The highest BCUT2D eigenvalue weighted by molar-refractivity contribution is 7.99. The van der Waals surface area contributed by atoms with E-state index in [9.17, 15) is 0 Å². The normalized spacial score (nSPS) is 10.8. The summed E-state index contributed by atoms with van der Waals surface area (Å²) in [5.74, 6) is 0.429. The number of fused-ring (bicyclic) bond motifs is 1. The molecule has 3 rings (SSSR count). The molecule has 0 saturated carbocycles. The van der Waals surface area contributed by atoms with Gasteiger partial charge in [0.15, 0.2) is 5.16 Å². The summed E-state index contributed by atoms with van der Waals surface area (Å²) < 4.78 is 0. The van der Waals surface area contributed by atoms with Crippen LogP contribution in [0, 0.1) is 0 Å². The van der Waals surface area contributed by atoms with Gasteiger partial charge in [-0.25, -0.2) is 4.98 Å². The molecule has 2 aromatic heterocycles. The van der Waals surface area contributed by atoms with Crippen LogP contribution in [-0.2, 0) is 0 Å². The highest BCUT2D eigenvalue weighted by Crippen LogP contribution is 2.25. The van der Waals surface area contributed by atoms with Crippen molar-refractivity contribution in [2.75, 3.05) is 12.4 Å². The van der Waals surface area contributed by atoms with Gasteiger partial charge >= 0.3 is 0 Å². The molecule has 0 unspecified atom stereocenters. The molecule has 0 bridgehead atoms. The molecular formula is C11H9ClN6S. The van der Waals surface area contributed by atoms with Crippen LogP contribution in [0.25, 0.3) is 11.0 Å². The Kier molecular flexibility index (Phi) is 3.22. The van der Waals surface area contributed by atoms with Gasteiger partial charge in [-0.3, -0.25) is 0 Å². The summed E-state index contributed by atoms with van der Waals surface area (Å²) in [5, 5.41) is 4.18. The number of aromatic nitrogens is 5. The van der Waals surface area contributed by atoms with Gasteiger partial charge in [-0.1, -0.05) is 12.1 Å². The predicted molar refractivity (Wildman–Crippen MR) is 74.6 cm³/mol. The van der Waals surface area contributed by atoms with Crippen molar-refractivity contribution in [3.63, 3.8) is 0 Å². The lowest BCUT2D eigenvalue weighted by atomic mass is 10.3. The number of nitrogens with zero attached hydrogens (tertiary/aromatic N) is 4. The summed E-state index contributed by atoms with van der Waals surface area (Å²) in [6.07, 6.45) is 0. The fraction of sp³-hybridized carbons (Fsp3) is 0.0909. The second-order valence-electron chi connectivity index (χ2n) is 3.62. The lowest BCUT2D eigenvalue weighted by Gasteiger charge is -2.00. The first-order valence-corrected chi connectivity index (χ1v) is 6.66. The highest BCUT2D eigenvalue weighted by atomic mass is 35.5. The first-order chi connectivity index (χ1) is 9.24. The number of imidazole rings is 1. The third kappa shape index (κ3) is 2.61. The minimum Gasteiger partial charge on any atom is -0.357 e. The van der Waals surface area contributed by atoms with E-state index in [-0.39, 0.29) is 5.28 Å². The molecule has 6 nitrogen and oxygen atoms in total. The summed E-state index contributed by atoms with van der Waals surface area (Å²) >= 11 is 7.13. The molecule has 0 radical (unpaired) electrons. The largest absolute Gasteiger partial charge is 0.357 e. The Balaban J connectivity index is 1.94. The molecule has 0 spiro atoms. The van der Waals surface area contributed by atoms with E-state index in [4.69, 9.17) is 11.6 Å². The number of halogens is 1. The lowest BCUT2D eigenvalue weighted by molar-refractivity contribution is 0.902. The zero-order valence-electron chi connectivity index (χ0n) is 9.88. The highest BCUT2D eigenvalue weighted by Gasteiger charge is 2.09. The Hall–Kier alpha value is -1.86. The maximum atomic E-state index is 5.83. The molecule has 0 amide bonds. The average molecular weight is 293 g/mol. The van der Waals surface area contributed by atoms with Crippen LogP contribution in [-0.4, -0.2) is 32.0 Å². The van der Waals surface area contributed by atoms with Crippen molar-refractivity contribution < 1.29 is 0 Å². The first-order valence-electron chi connectivity index (χ1n) is 5.46. The van der Waals surface area contributed by atoms with Crippen molar-refractivity contribution in [1.82, 2.24) is 24.9 Å². The smallest absolute Gasteiger partial charge is 0.228 e. The minimum atomic E-state index is 0.151. The second-order valence-corrected chi connectivity index (χ2v) is 4.92. The molecule has 0 aliphatic carbocycles. The topological polar surface area (TPSA) is 79.4 Å². The molecule has 2 heterocycles. The number of H-pyrrole nitrogens is 1. The molecule has 0 aliphatic heterocycles. The summed E-state index contributed by atoms with van der Waals surface area (Å²) in [4.78, 5) is 19.8. The molecule has 0 atom stereocenters. The van der Waals surface area contributed by atoms with Crippen LogP contribution in [0.15, 0.2) is 34.6 Å². The number of para-hydroxylation sites is 2.